The first-order chi connectivity index (χ1) is 47.7. The minimum absolute atomic E-state index is 0.219. The summed E-state index contributed by atoms with van der Waals surface area (Å²) in [7, 11) is -6.09. The van der Waals surface area contributed by atoms with E-state index in [9.17, 15) is 0 Å². The van der Waals surface area contributed by atoms with E-state index in [1.807, 2.05) is 0 Å². The molecule has 0 bridgehead atoms. The summed E-state index contributed by atoms with van der Waals surface area (Å²) in [5.74, 6) is 0. The summed E-state index contributed by atoms with van der Waals surface area (Å²) < 4.78 is 2.53. The second-order valence-electron chi connectivity index (χ2n) is 25.4. The minimum atomic E-state index is -3.05. The average molecular weight is 1250 g/mol. The lowest BCUT2D eigenvalue weighted by atomic mass is 9.32. The van der Waals surface area contributed by atoms with Crippen molar-refractivity contribution in [2.75, 3.05) is 9.80 Å². The van der Waals surface area contributed by atoms with Crippen LogP contribution in [0, 0.1) is 0 Å². The lowest BCUT2D eigenvalue weighted by Crippen LogP contribution is -2.74. The maximum Gasteiger partial charge on any atom is 0.252 e. The third kappa shape index (κ3) is 9.01. The van der Waals surface area contributed by atoms with Crippen LogP contribution in [0.25, 0.3) is 49.7 Å². The highest BCUT2D eigenvalue weighted by molar-refractivity contribution is 7.20. The fraction of sp³-hybridized carbons (Fsp3) is 0. The molecule has 0 atom stereocenters. The number of fused-ring (bicyclic) bond motifs is 7. The Balaban J connectivity index is 0.986. The summed E-state index contributed by atoms with van der Waals surface area (Å²) in [4.78, 5) is 5.29. The average Bonchev–Trinajstić information content (AvgIpc) is 0.752. The van der Waals surface area contributed by atoms with Crippen molar-refractivity contribution in [1.82, 2.24) is 4.57 Å². The lowest BCUT2D eigenvalue weighted by molar-refractivity contribution is 1.16. The molecule has 0 N–H and O–H groups in total. The molecule has 0 unspecified atom stereocenters. The van der Waals surface area contributed by atoms with Crippen molar-refractivity contribution in [2.45, 2.75) is 0 Å². The molecule has 450 valence electrons. The highest BCUT2D eigenvalue weighted by atomic mass is 28.3. The van der Waals surface area contributed by atoms with Crippen LogP contribution in [0.4, 0.5) is 34.1 Å². The Bertz CT molecular complexity index is 5280. The number of hydrogen-bond donors (Lipinski definition) is 0. The van der Waals surface area contributed by atoms with Gasteiger partial charge >= 0.3 is 0 Å². The van der Waals surface area contributed by atoms with Crippen molar-refractivity contribution in [2.24, 2.45) is 0 Å². The zero-order valence-corrected chi connectivity index (χ0v) is 54.9. The topological polar surface area (TPSA) is 11.4 Å². The molecule has 18 rings (SSSR count). The first kappa shape index (κ1) is 56.9. The van der Waals surface area contributed by atoms with Crippen molar-refractivity contribution in [3.8, 4) is 27.9 Å². The SMILES string of the molecule is c1ccc(-c2ccc3c(c2)B2c4c(-c5ccccc5)cccc4N(c4cccc([Si](c5ccccc5)(c5ccccc5)c5ccccc5)c4)c4cc(-n5c6ccccc6c6ccccc65)cc(c42)N3c2cccc([Si](c3ccccc3)(c3ccccc3)c3ccccc3)c2)cc1. The number of rotatable bonds is 13. The van der Waals surface area contributed by atoms with Gasteiger partial charge in [0.05, 0.1) is 16.7 Å². The van der Waals surface area contributed by atoms with Crippen LogP contribution < -0.4 is 67.7 Å². The van der Waals surface area contributed by atoms with Crippen molar-refractivity contribution < 1.29 is 0 Å². The van der Waals surface area contributed by atoms with E-state index in [2.05, 4.69) is 403 Å². The normalized spacial score (nSPS) is 12.5. The predicted octanol–water partition coefficient (Wildman–Crippen LogP) is 15.0. The third-order valence-electron chi connectivity index (χ3n) is 20.4. The molecule has 6 heteroatoms. The number of nitrogens with zero attached hydrogens (tertiary/aromatic N) is 3. The van der Waals surface area contributed by atoms with Crippen molar-refractivity contribution in [1.29, 1.82) is 0 Å². The van der Waals surface area contributed by atoms with E-state index < -0.39 is 16.1 Å². The second kappa shape index (κ2) is 23.6. The number of hydrogen-bond acceptors (Lipinski definition) is 2. The summed E-state index contributed by atoms with van der Waals surface area (Å²) in [5.41, 5.74) is 18.7. The molecule has 0 spiro atoms. The maximum absolute atomic E-state index is 3.05. The van der Waals surface area contributed by atoms with Gasteiger partial charge in [-0.2, -0.15) is 0 Å². The zero-order chi connectivity index (χ0) is 63.6. The molecular weight excluding hydrogens is 1190 g/mol. The van der Waals surface area contributed by atoms with E-state index in [1.165, 1.54) is 90.9 Å². The van der Waals surface area contributed by atoms with Crippen molar-refractivity contribution in [3.05, 3.63) is 388 Å². The predicted molar refractivity (Wildman–Crippen MR) is 413 cm³/mol. The fourth-order valence-electron chi connectivity index (χ4n) is 16.5. The van der Waals surface area contributed by atoms with Gasteiger partial charge in [-0.15, -0.1) is 0 Å². The summed E-state index contributed by atoms with van der Waals surface area (Å²) in [6, 6.07) is 147. The Labute approximate surface area is 563 Å². The molecular formula is C90H64BN3Si2. The van der Waals surface area contributed by atoms with Gasteiger partial charge in [-0.3, -0.25) is 0 Å². The first-order valence-corrected chi connectivity index (χ1v) is 37.3. The first-order valence-electron chi connectivity index (χ1n) is 33.3. The van der Waals surface area contributed by atoms with Gasteiger partial charge in [0.1, 0.15) is 0 Å². The van der Waals surface area contributed by atoms with Crippen LogP contribution in [0.3, 0.4) is 0 Å². The van der Waals surface area contributed by atoms with Gasteiger partial charge in [-0.05, 0) is 141 Å². The molecule has 3 nitrogen and oxygen atoms in total. The standard InChI is InChI=1S/C90H64BN3Si2/c1-9-32-65(33-10-1)67-58-59-85-82(60-67)91-89-79(66-34-11-2-12-35-66)54-31-57-86(89)93(69-37-30-51-78(62-69)96(74-44-19-6-20-45-74,75-46-21-7-22-47-75)76-48-23-8-24-49-76)88-64-70(94-83-55-27-25-52-80(83)81-53-26-28-56-84(81)94)63-87(90(88)91)92(85)68-36-29-50-77(61-68)95(71-38-13-3-14-39-71,72-40-15-4-16-41-72)73-42-17-5-18-43-73/h1-64H. The molecule has 0 aliphatic carbocycles. The molecule has 1 aromatic heterocycles. The van der Waals surface area contributed by atoms with Gasteiger partial charge in [0.2, 0.25) is 0 Å². The molecule has 0 saturated heterocycles. The Morgan fingerprint density at radius 2 is 0.583 bits per heavy atom. The third-order valence-corrected chi connectivity index (χ3v) is 30.0. The minimum Gasteiger partial charge on any atom is -0.311 e. The molecule has 16 aromatic rings. The quantitative estimate of drug-likeness (QED) is 0.0842. The van der Waals surface area contributed by atoms with Gasteiger partial charge in [0, 0.05) is 44.9 Å². The number of aromatic nitrogens is 1. The van der Waals surface area contributed by atoms with E-state index in [4.69, 9.17) is 0 Å². The lowest BCUT2D eigenvalue weighted by Gasteiger charge is -2.45. The van der Waals surface area contributed by atoms with E-state index in [0.29, 0.717) is 0 Å². The van der Waals surface area contributed by atoms with Crippen LogP contribution in [-0.4, -0.2) is 27.4 Å². The van der Waals surface area contributed by atoms with Crippen LogP contribution in [0.2, 0.25) is 0 Å². The molecule has 3 heterocycles. The van der Waals surface area contributed by atoms with Gasteiger partial charge in [-0.1, -0.05) is 328 Å². The van der Waals surface area contributed by atoms with Crippen molar-refractivity contribution in [3.63, 3.8) is 0 Å². The second-order valence-corrected chi connectivity index (χ2v) is 33.0. The number of anilines is 6. The Morgan fingerprint density at radius 1 is 0.219 bits per heavy atom. The molecule has 0 saturated carbocycles. The zero-order valence-electron chi connectivity index (χ0n) is 52.9. The van der Waals surface area contributed by atoms with Crippen LogP contribution in [0.15, 0.2) is 388 Å². The fourth-order valence-corrected chi connectivity index (χ4v) is 26.1. The van der Waals surface area contributed by atoms with Crippen LogP contribution >= 0.6 is 0 Å². The van der Waals surface area contributed by atoms with Crippen LogP contribution in [-0.2, 0) is 0 Å². The molecule has 0 fully saturated rings. The summed E-state index contributed by atoms with van der Waals surface area (Å²) in [6.45, 7) is -0.219. The monoisotopic (exact) mass is 1250 g/mol. The summed E-state index contributed by atoms with van der Waals surface area (Å²) >= 11 is 0. The summed E-state index contributed by atoms with van der Waals surface area (Å²) in [5, 5.41) is 13.0. The molecule has 0 amide bonds. The highest BCUT2D eigenvalue weighted by Crippen LogP contribution is 2.48. The van der Waals surface area contributed by atoms with Crippen LogP contribution in [0.5, 0.6) is 0 Å². The molecule has 15 aromatic carbocycles. The Hall–Kier alpha value is -11.8. The summed E-state index contributed by atoms with van der Waals surface area (Å²) in [6.07, 6.45) is 0. The van der Waals surface area contributed by atoms with Gasteiger partial charge in [0.15, 0.2) is 16.1 Å². The van der Waals surface area contributed by atoms with Crippen LogP contribution in [0.1, 0.15) is 0 Å². The highest BCUT2D eigenvalue weighted by Gasteiger charge is 2.48. The van der Waals surface area contributed by atoms with E-state index in [0.717, 1.165) is 50.8 Å². The molecule has 2 aliphatic heterocycles. The van der Waals surface area contributed by atoms with Gasteiger partial charge in [-0.25, -0.2) is 0 Å². The van der Waals surface area contributed by atoms with Gasteiger partial charge < -0.3 is 14.4 Å². The largest absolute Gasteiger partial charge is 0.311 e. The molecule has 96 heavy (non-hydrogen) atoms. The molecule has 2 aliphatic rings. The Kier molecular flexibility index (Phi) is 14.0. The van der Waals surface area contributed by atoms with E-state index >= 15 is 0 Å². The number of benzene rings is 15. The maximum atomic E-state index is 2.65. The van der Waals surface area contributed by atoms with E-state index in [-0.39, 0.29) is 6.71 Å². The smallest absolute Gasteiger partial charge is 0.252 e. The van der Waals surface area contributed by atoms with E-state index in [1.54, 1.807) is 0 Å². The molecule has 0 radical (unpaired) electrons. The Morgan fingerprint density at radius 3 is 1.02 bits per heavy atom. The number of para-hydroxylation sites is 2. The van der Waals surface area contributed by atoms with Crippen molar-refractivity contribution >= 4 is 137 Å². The van der Waals surface area contributed by atoms with Gasteiger partial charge in [0.25, 0.3) is 6.71 Å².